The Morgan fingerprint density at radius 2 is 1.46 bits per heavy atom. The van der Waals surface area contributed by atoms with Gasteiger partial charge in [0.2, 0.25) is 5.91 Å². The van der Waals surface area contributed by atoms with Crippen molar-refractivity contribution in [3.05, 3.63) is 95.1 Å². The second-order valence-electron chi connectivity index (χ2n) is 16.0. The predicted octanol–water partition coefficient (Wildman–Crippen LogP) is 5.09. The van der Waals surface area contributed by atoms with E-state index in [0.29, 0.717) is 58.0 Å². The van der Waals surface area contributed by atoms with E-state index in [0.717, 1.165) is 62.3 Å². The summed E-state index contributed by atoms with van der Waals surface area (Å²) in [5.74, 6) is -0.0514. The van der Waals surface area contributed by atoms with Crippen LogP contribution in [0.15, 0.2) is 77.7 Å². The van der Waals surface area contributed by atoms with Crippen molar-refractivity contribution >= 4 is 33.8 Å². The first-order chi connectivity index (χ1) is 28.4. The molecule has 3 aromatic carbocycles. The van der Waals surface area contributed by atoms with Crippen LogP contribution >= 0.6 is 0 Å². The average molecular weight is 832 g/mol. The number of fused-ring (bicyclic) bond motifs is 1. The van der Waals surface area contributed by atoms with Crippen LogP contribution in [0.2, 0.25) is 0 Å². The summed E-state index contributed by atoms with van der Waals surface area (Å²) in [6, 6.07) is 21.7. The lowest BCUT2D eigenvalue weighted by Gasteiger charge is -2.42. The van der Waals surface area contributed by atoms with Gasteiger partial charge in [-0.2, -0.15) is 8.42 Å². The number of urea groups is 1. The molecule has 3 N–H and O–H groups in total. The Labute approximate surface area is 349 Å². The molecule has 4 aliphatic heterocycles. The number of hydrogen-bond acceptors (Lipinski definition) is 9. The molecule has 0 spiro atoms. The number of para-hydroxylation sites is 1. The molecule has 1 atom stereocenters. The Hall–Kier alpha value is -4.54. The summed E-state index contributed by atoms with van der Waals surface area (Å²) in [5, 5.41) is 7.70. The molecule has 59 heavy (non-hydrogen) atoms. The van der Waals surface area contributed by atoms with E-state index in [2.05, 4.69) is 65.6 Å². The fourth-order valence-corrected chi connectivity index (χ4v) is 9.17. The Morgan fingerprint density at radius 1 is 0.814 bits per heavy atom. The maximum Gasteiger partial charge on any atom is 0.426 e. The number of nitrogens with one attached hydrogen (secondary N) is 2. The van der Waals surface area contributed by atoms with E-state index in [1.165, 1.54) is 36.1 Å². The van der Waals surface area contributed by atoms with Gasteiger partial charge in [0.1, 0.15) is 6.04 Å². The largest absolute Gasteiger partial charge is 0.426 e. The second kappa shape index (κ2) is 20.6. The van der Waals surface area contributed by atoms with Gasteiger partial charge < -0.3 is 30.2 Å². The topological polar surface area (TPSA) is 155 Å². The number of nitrogens with zero attached hydrogens (tertiary/aromatic N) is 5. The molecule has 0 bridgehead atoms. The van der Waals surface area contributed by atoms with Crippen LogP contribution in [0, 0.1) is 0 Å². The van der Waals surface area contributed by atoms with Gasteiger partial charge in [-0.1, -0.05) is 68.4 Å². The van der Waals surface area contributed by atoms with E-state index in [4.69, 9.17) is 9.39 Å². The maximum atomic E-state index is 14.1. The number of hydroxylamine groups is 2. The van der Waals surface area contributed by atoms with Gasteiger partial charge in [-0.05, 0) is 106 Å². The van der Waals surface area contributed by atoms with Gasteiger partial charge in [0.15, 0.2) is 0 Å². The molecule has 15 heteroatoms. The highest BCUT2D eigenvalue weighted by atomic mass is 32.2. The van der Waals surface area contributed by atoms with Gasteiger partial charge in [-0.3, -0.25) is 14.2 Å². The minimum Gasteiger partial charge on any atom is -0.351 e. The molecule has 7 rings (SSSR count). The zero-order chi connectivity index (χ0) is 41.9. The highest BCUT2D eigenvalue weighted by molar-refractivity contribution is 7.85. The molecule has 4 amide bonds. The van der Waals surface area contributed by atoms with E-state index in [9.17, 15) is 22.8 Å². The summed E-state index contributed by atoms with van der Waals surface area (Å²) in [6.45, 7) is 11.3. The van der Waals surface area contributed by atoms with Crippen LogP contribution in [0.25, 0.3) is 0 Å². The van der Waals surface area contributed by atoms with Crippen molar-refractivity contribution in [3.63, 3.8) is 0 Å². The van der Waals surface area contributed by atoms with E-state index >= 15 is 0 Å². The monoisotopic (exact) mass is 831 g/mol. The van der Waals surface area contributed by atoms with Crippen LogP contribution in [0.3, 0.4) is 0 Å². The molecule has 0 radical (unpaired) electrons. The third kappa shape index (κ3) is 12.0. The molecule has 3 saturated heterocycles. The first kappa shape index (κ1) is 44.0. The quantitative estimate of drug-likeness (QED) is 0.236. The smallest absolute Gasteiger partial charge is 0.351 e. The van der Waals surface area contributed by atoms with Gasteiger partial charge in [-0.25, -0.2) is 9.59 Å². The number of carbonyl (C=O) groups is 3. The summed E-state index contributed by atoms with van der Waals surface area (Å²) >= 11 is 0. The average Bonchev–Trinajstić information content (AvgIpc) is 3.42. The van der Waals surface area contributed by atoms with E-state index < -0.39 is 22.3 Å². The van der Waals surface area contributed by atoms with Crippen molar-refractivity contribution in [1.29, 1.82) is 0 Å². The van der Waals surface area contributed by atoms with Crippen molar-refractivity contribution in [2.45, 2.75) is 88.2 Å². The van der Waals surface area contributed by atoms with E-state index in [1.807, 2.05) is 28.0 Å². The van der Waals surface area contributed by atoms with Crippen LogP contribution in [0.1, 0.15) is 61.8 Å². The molecule has 0 aliphatic carbocycles. The van der Waals surface area contributed by atoms with Gasteiger partial charge in [-0.15, -0.1) is 5.06 Å². The highest BCUT2D eigenvalue weighted by Gasteiger charge is 2.34. The minimum atomic E-state index is -4.00. The van der Waals surface area contributed by atoms with Crippen molar-refractivity contribution in [2.24, 2.45) is 0 Å². The molecular formula is C44H61N7O7S. The number of aryl methyl sites for hydroxylation is 2. The number of carbonyl (C=O) groups excluding carboxylic acids is 3. The molecule has 4 aliphatic rings. The molecular weight excluding hydrogens is 771 g/mol. The molecule has 0 aromatic heterocycles. The van der Waals surface area contributed by atoms with E-state index in [-0.39, 0.29) is 22.9 Å². The summed E-state index contributed by atoms with van der Waals surface area (Å²) in [4.78, 5) is 55.0. The fourth-order valence-electron chi connectivity index (χ4n) is 8.67. The zero-order valence-corrected chi connectivity index (χ0v) is 35.5. The van der Waals surface area contributed by atoms with Crippen molar-refractivity contribution < 1.29 is 32.2 Å². The first-order valence-electron chi connectivity index (χ1n) is 21.1. The molecule has 1 unspecified atom stereocenters. The first-order valence-corrected chi connectivity index (χ1v) is 22.6. The van der Waals surface area contributed by atoms with Crippen molar-refractivity contribution in [2.75, 3.05) is 71.3 Å². The number of piperidine rings is 2. The number of amides is 4. The lowest BCUT2D eigenvalue weighted by atomic mass is 9.96. The van der Waals surface area contributed by atoms with Crippen molar-refractivity contribution in [1.82, 2.24) is 30.0 Å². The molecule has 3 aromatic rings. The number of likely N-dealkylation sites (tertiary alicyclic amines) is 1. The molecule has 4 heterocycles. The highest BCUT2D eigenvalue weighted by Crippen LogP contribution is 2.25. The number of benzene rings is 3. The minimum absolute atomic E-state index is 0.0514. The molecule has 320 valence electrons. The Balaban J connectivity index is 0.000000512. The van der Waals surface area contributed by atoms with Gasteiger partial charge in [0.25, 0.3) is 10.1 Å². The molecule has 3 fully saturated rings. The summed E-state index contributed by atoms with van der Waals surface area (Å²) < 4.78 is 29.2. The van der Waals surface area contributed by atoms with Gasteiger partial charge in [0.05, 0.1) is 4.90 Å². The number of rotatable bonds is 10. The third-order valence-corrected chi connectivity index (χ3v) is 13.0. The van der Waals surface area contributed by atoms with Crippen molar-refractivity contribution in [3.8, 4) is 0 Å². The number of anilines is 1. The predicted molar refractivity (Wildman–Crippen MR) is 228 cm³/mol. The van der Waals surface area contributed by atoms with Gasteiger partial charge >= 0.3 is 12.1 Å². The molecule has 0 saturated carbocycles. The van der Waals surface area contributed by atoms with E-state index in [1.54, 1.807) is 23.3 Å². The summed E-state index contributed by atoms with van der Waals surface area (Å²) in [5.41, 5.74) is 5.66. The Kier molecular flexibility index (Phi) is 15.4. The fraction of sp³-hybridized carbons (Fsp3) is 0.523. The number of hydrogen-bond donors (Lipinski definition) is 3. The standard InChI is InChI=1S/C38H55N7O4.C6H6O3S/c1-4-29-11-10-28(26-30(29)5-2)27-35(36(46)43-24-22-42(23-25-43)32-13-17-41(3)18-14-32)40-38(48)49-44-19-15-33(16-20-44)45-21-12-31-8-6-7-9-34(31)39-37(45)47;7-10(8,9)6-4-2-1-3-5-6/h6-11,26,32-33,35H,4-5,12-25,27H2,1-3H3,(H,39,47)(H,40,48);1-5H,(H,7,8,9). The van der Waals surface area contributed by atoms with Crippen LogP contribution < -0.4 is 10.6 Å². The Bertz CT molecular complexity index is 1980. The molecule has 14 nitrogen and oxygen atoms in total. The zero-order valence-electron chi connectivity index (χ0n) is 34.7. The second-order valence-corrected chi connectivity index (χ2v) is 17.4. The maximum absolute atomic E-state index is 14.1. The SMILES string of the molecule is CCc1ccc(CC(NC(=O)ON2CCC(N3CCc4ccccc4NC3=O)CC2)C(=O)N2CCN(C3CCN(C)CC3)CC2)cc1CC.O=S(=O)(O)c1ccccc1. The summed E-state index contributed by atoms with van der Waals surface area (Å²) in [7, 11) is -1.82. The van der Waals surface area contributed by atoms with Gasteiger partial charge in [0, 0.05) is 70.0 Å². The number of piperazine rings is 1. The normalized spacial score (nSPS) is 19.4. The third-order valence-electron chi connectivity index (χ3n) is 12.2. The van der Waals surface area contributed by atoms with Crippen LogP contribution in [-0.2, 0) is 45.4 Å². The lowest BCUT2D eigenvalue weighted by molar-refractivity contribution is -0.138. The van der Waals surface area contributed by atoms with Crippen LogP contribution in [-0.4, -0.2) is 140 Å². The van der Waals surface area contributed by atoms with Crippen LogP contribution in [0.4, 0.5) is 15.3 Å². The Morgan fingerprint density at radius 3 is 2.10 bits per heavy atom. The van der Waals surface area contributed by atoms with Crippen LogP contribution in [0.5, 0.6) is 0 Å². The lowest BCUT2D eigenvalue weighted by Crippen LogP contribution is -2.58. The summed E-state index contributed by atoms with van der Waals surface area (Å²) in [6.07, 6.45) is 6.23.